The third kappa shape index (κ3) is 47.6. The van der Waals surface area contributed by atoms with Crippen LogP contribution in [-0.4, -0.2) is 44.4 Å². The van der Waals surface area contributed by atoms with Gasteiger partial charge in [0.05, 0.1) is 11.4 Å². The lowest BCUT2D eigenvalue weighted by molar-refractivity contribution is 0.471. The zero-order valence-electron chi connectivity index (χ0n) is 57.6. The van der Waals surface area contributed by atoms with Gasteiger partial charge in [0.2, 0.25) is 0 Å². The van der Waals surface area contributed by atoms with E-state index in [1.54, 1.807) is 0 Å². The van der Waals surface area contributed by atoms with Gasteiger partial charge in [-0.2, -0.15) is 0 Å². The first-order chi connectivity index (χ1) is 40.6. The van der Waals surface area contributed by atoms with Crippen LogP contribution < -0.4 is 14.7 Å². The van der Waals surface area contributed by atoms with Crippen LogP contribution in [0.5, 0.6) is 5.75 Å². The monoisotopic (exact) mass is 1150 g/mol. The normalized spacial score (nSPS) is 11.6. The summed E-state index contributed by atoms with van der Waals surface area (Å²) in [4.78, 5) is 8.55. The van der Waals surface area contributed by atoms with Crippen molar-refractivity contribution < 1.29 is 5.11 Å². The van der Waals surface area contributed by atoms with Gasteiger partial charge < -0.3 is 19.8 Å². The van der Waals surface area contributed by atoms with Crippen molar-refractivity contribution in [3.63, 3.8) is 0 Å². The van der Waals surface area contributed by atoms with Crippen LogP contribution in [0.4, 0.5) is 17.1 Å². The molecule has 82 heavy (non-hydrogen) atoms. The number of unbranched alkanes of at least 4 members (excludes halogenated alkanes) is 54. The number of hydrogen-bond acceptors (Lipinski definition) is 4. The van der Waals surface area contributed by atoms with Crippen molar-refractivity contribution in [2.45, 2.75) is 427 Å². The van der Waals surface area contributed by atoms with Gasteiger partial charge in [0.15, 0.2) is 0 Å². The Morgan fingerprint density at radius 2 is 0.354 bits per heavy atom. The Kier molecular flexibility index (Phi) is 61.1. The summed E-state index contributed by atoms with van der Waals surface area (Å²) in [6.45, 7) is 20.7. The Bertz CT molecular complexity index is 1310. The fraction of sp³-hybridized carbons (Fsp3) is 0.923. The SMILES string of the molecule is CCCCCCCCCCCCN(CCCCCCCCCCCC)c1ccc(O)c(N(CCCCCCCCCCCC)CCCCCCCCCCCC)c1N(CCCCCCCCCCCC)CCCCCCCCCCCC. The van der Waals surface area contributed by atoms with E-state index in [4.69, 9.17) is 0 Å². The number of phenolic OH excluding ortho intramolecular Hbond substituents is 1. The van der Waals surface area contributed by atoms with E-state index in [0.717, 1.165) is 39.3 Å². The van der Waals surface area contributed by atoms with Crippen molar-refractivity contribution in [2.24, 2.45) is 0 Å². The highest BCUT2D eigenvalue weighted by Gasteiger charge is 2.26. The molecule has 0 atom stereocenters. The standard InChI is InChI=1S/C78H153N3O/c1-7-13-19-25-31-37-43-49-55-61-69-79(70-62-56-50-44-38-32-26-20-14-8-2)75-67-68-76(82)78(81(73-65-59-53-47-41-35-29-23-17-11-5)74-66-60-54-48-42-36-30-24-18-12-6)77(75)80(71-63-57-51-45-39-33-27-21-15-9-3)72-64-58-52-46-40-34-28-22-16-10-4/h67-68,82H,7-66,69-74H2,1-6H3. The molecule has 0 aliphatic carbocycles. The molecule has 0 spiro atoms. The summed E-state index contributed by atoms with van der Waals surface area (Å²) >= 11 is 0. The molecule has 4 heteroatoms. The molecule has 1 aromatic rings. The van der Waals surface area contributed by atoms with Crippen LogP contribution in [0.15, 0.2) is 12.1 Å². The van der Waals surface area contributed by atoms with Crippen molar-refractivity contribution in [1.82, 2.24) is 0 Å². The lowest BCUT2D eigenvalue weighted by Gasteiger charge is -2.38. The summed E-state index contributed by atoms with van der Waals surface area (Å²) in [5.74, 6) is 0.548. The van der Waals surface area contributed by atoms with Gasteiger partial charge >= 0.3 is 0 Å². The van der Waals surface area contributed by atoms with Gasteiger partial charge in [-0.05, 0) is 50.7 Å². The second kappa shape index (κ2) is 63.9. The molecule has 0 unspecified atom stereocenters. The molecule has 0 aliphatic rings. The van der Waals surface area contributed by atoms with Crippen molar-refractivity contribution in [3.05, 3.63) is 12.1 Å². The van der Waals surface area contributed by atoms with Crippen LogP contribution in [0.1, 0.15) is 427 Å². The van der Waals surface area contributed by atoms with Crippen LogP contribution in [0.25, 0.3) is 0 Å². The summed E-state index contributed by atoms with van der Waals surface area (Å²) in [6.07, 6.45) is 82.5. The largest absolute Gasteiger partial charge is 0.506 e. The minimum atomic E-state index is 0.548. The summed E-state index contributed by atoms with van der Waals surface area (Å²) in [5, 5.41) is 12.7. The summed E-state index contributed by atoms with van der Waals surface area (Å²) in [7, 11) is 0. The number of phenols is 1. The molecule has 0 aromatic heterocycles. The van der Waals surface area contributed by atoms with Gasteiger partial charge in [0.25, 0.3) is 0 Å². The van der Waals surface area contributed by atoms with Gasteiger partial charge in [-0.25, -0.2) is 0 Å². The van der Waals surface area contributed by atoms with Gasteiger partial charge in [-0.15, -0.1) is 0 Å². The first-order valence-electron chi connectivity index (χ1n) is 38.7. The zero-order chi connectivity index (χ0) is 59.1. The summed E-state index contributed by atoms with van der Waals surface area (Å²) < 4.78 is 0. The number of aromatic hydroxyl groups is 1. The first-order valence-corrected chi connectivity index (χ1v) is 38.7. The molecular formula is C78H153N3O. The molecule has 0 aliphatic heterocycles. The molecule has 1 aromatic carbocycles. The zero-order valence-corrected chi connectivity index (χ0v) is 57.6. The maximum absolute atomic E-state index is 12.7. The van der Waals surface area contributed by atoms with Crippen molar-refractivity contribution in [1.29, 1.82) is 0 Å². The predicted molar refractivity (Wildman–Crippen MR) is 376 cm³/mol. The first kappa shape index (κ1) is 78.4. The van der Waals surface area contributed by atoms with Crippen molar-refractivity contribution >= 4 is 17.1 Å². The second-order valence-electron chi connectivity index (χ2n) is 26.9. The predicted octanol–water partition coefficient (Wildman–Crippen LogP) is 27.3. The molecule has 0 radical (unpaired) electrons. The lowest BCUT2D eigenvalue weighted by Crippen LogP contribution is -2.35. The van der Waals surface area contributed by atoms with E-state index in [0.29, 0.717) is 5.75 Å². The van der Waals surface area contributed by atoms with Crippen LogP contribution >= 0.6 is 0 Å². The second-order valence-corrected chi connectivity index (χ2v) is 26.9. The molecule has 0 amide bonds. The Morgan fingerprint density at radius 3 is 0.549 bits per heavy atom. The average molecular weight is 1150 g/mol. The third-order valence-electron chi connectivity index (χ3n) is 18.8. The van der Waals surface area contributed by atoms with Gasteiger partial charge in [0, 0.05) is 39.3 Å². The Morgan fingerprint density at radius 1 is 0.195 bits per heavy atom. The van der Waals surface area contributed by atoms with E-state index in [2.05, 4.69) is 68.4 Å². The average Bonchev–Trinajstić information content (AvgIpc) is 3.55. The summed E-state index contributed by atoms with van der Waals surface area (Å²) in [6, 6.07) is 4.59. The highest BCUT2D eigenvalue weighted by atomic mass is 16.3. The molecular weight excluding hydrogens is 995 g/mol. The number of rotatable bonds is 69. The van der Waals surface area contributed by atoms with Gasteiger partial charge in [0.1, 0.15) is 11.4 Å². The molecule has 1 rings (SSSR count). The molecule has 0 heterocycles. The van der Waals surface area contributed by atoms with Gasteiger partial charge in [-0.3, -0.25) is 0 Å². The number of anilines is 3. The molecule has 0 fully saturated rings. The highest BCUT2D eigenvalue weighted by molar-refractivity contribution is 5.89. The maximum atomic E-state index is 12.7. The van der Waals surface area contributed by atoms with E-state index in [9.17, 15) is 5.11 Å². The summed E-state index contributed by atoms with van der Waals surface area (Å²) in [5.41, 5.74) is 4.08. The number of benzene rings is 1. The third-order valence-corrected chi connectivity index (χ3v) is 18.8. The van der Waals surface area contributed by atoms with Crippen molar-refractivity contribution in [2.75, 3.05) is 54.0 Å². The van der Waals surface area contributed by atoms with Crippen LogP contribution in [0, 0.1) is 0 Å². The van der Waals surface area contributed by atoms with E-state index in [1.165, 1.54) is 402 Å². The molecule has 486 valence electrons. The minimum absolute atomic E-state index is 0.548. The highest BCUT2D eigenvalue weighted by Crippen LogP contribution is 2.46. The molecule has 1 N–H and O–H groups in total. The maximum Gasteiger partial charge on any atom is 0.141 e. The fourth-order valence-corrected chi connectivity index (χ4v) is 13.2. The van der Waals surface area contributed by atoms with E-state index in [-0.39, 0.29) is 0 Å². The molecule has 0 saturated carbocycles. The molecule has 4 nitrogen and oxygen atoms in total. The molecule has 0 saturated heterocycles. The van der Waals surface area contributed by atoms with Gasteiger partial charge in [-0.1, -0.05) is 388 Å². The van der Waals surface area contributed by atoms with E-state index in [1.807, 2.05) is 0 Å². The minimum Gasteiger partial charge on any atom is -0.506 e. The molecule has 0 bridgehead atoms. The number of nitrogens with zero attached hydrogens (tertiary/aromatic N) is 3. The Labute approximate surface area is 518 Å². The lowest BCUT2D eigenvalue weighted by atomic mass is 10.0. The van der Waals surface area contributed by atoms with Crippen LogP contribution in [0.3, 0.4) is 0 Å². The fourth-order valence-electron chi connectivity index (χ4n) is 13.2. The Balaban J connectivity index is 3.73. The van der Waals surface area contributed by atoms with E-state index < -0.39 is 0 Å². The Hall–Kier alpha value is -1.58. The van der Waals surface area contributed by atoms with Crippen LogP contribution in [-0.2, 0) is 0 Å². The number of hydrogen-bond donors (Lipinski definition) is 1. The van der Waals surface area contributed by atoms with Crippen molar-refractivity contribution in [3.8, 4) is 5.75 Å². The van der Waals surface area contributed by atoms with Crippen LogP contribution in [0.2, 0.25) is 0 Å². The smallest absolute Gasteiger partial charge is 0.141 e. The quantitative estimate of drug-likeness (QED) is 0.0659. The topological polar surface area (TPSA) is 30.0 Å². The van der Waals surface area contributed by atoms with E-state index >= 15 is 0 Å².